The maximum Gasteiger partial charge on any atom is 0.279 e. The Bertz CT molecular complexity index is 726. The van der Waals surface area contributed by atoms with E-state index in [1.54, 1.807) is 26.5 Å². The van der Waals surface area contributed by atoms with Gasteiger partial charge in [0.15, 0.2) is 11.5 Å². The molecule has 1 fully saturated rings. The van der Waals surface area contributed by atoms with Crippen LogP contribution in [0.25, 0.3) is 10.8 Å². The number of aromatic nitrogens is 2. The highest BCUT2D eigenvalue weighted by molar-refractivity contribution is 7.99. The topological polar surface area (TPSA) is 56.6 Å². The normalized spacial score (nSPS) is 15.9. The lowest BCUT2D eigenvalue weighted by Crippen LogP contribution is -2.38. The zero-order valence-electron chi connectivity index (χ0n) is 12.7. The molecule has 0 amide bonds. The Balaban J connectivity index is 2.05. The van der Waals surface area contributed by atoms with Gasteiger partial charge in [-0.3, -0.25) is 9.69 Å². The first-order valence-corrected chi connectivity index (χ1v) is 8.31. The van der Waals surface area contributed by atoms with Gasteiger partial charge in [-0.05, 0) is 12.1 Å². The summed E-state index contributed by atoms with van der Waals surface area (Å²) in [6.07, 6.45) is 1.71. The van der Waals surface area contributed by atoms with Crippen LogP contribution < -0.4 is 15.0 Å². The van der Waals surface area contributed by atoms with Crippen molar-refractivity contribution in [3.05, 3.63) is 28.7 Å². The Morgan fingerprint density at radius 3 is 2.68 bits per heavy atom. The Labute approximate surface area is 133 Å². The molecule has 1 aromatic heterocycles. The highest BCUT2D eigenvalue weighted by atomic mass is 32.2. The average Bonchev–Trinajstić information content (AvgIpc) is 2.57. The summed E-state index contributed by atoms with van der Waals surface area (Å²) in [6.45, 7) is 2.47. The van der Waals surface area contributed by atoms with Crippen LogP contribution in [0.3, 0.4) is 0 Å². The zero-order valence-corrected chi connectivity index (χ0v) is 13.6. The third-order valence-electron chi connectivity index (χ3n) is 3.80. The maximum atomic E-state index is 12.8. The molecular weight excluding hydrogens is 302 g/mol. The van der Waals surface area contributed by atoms with E-state index in [0.29, 0.717) is 23.6 Å². The van der Waals surface area contributed by atoms with E-state index in [2.05, 4.69) is 10.00 Å². The number of benzene rings is 1. The number of thioether (sulfide) groups is 1. The van der Waals surface area contributed by atoms with Crippen LogP contribution >= 0.6 is 11.8 Å². The van der Waals surface area contributed by atoms with E-state index in [9.17, 15) is 4.79 Å². The predicted octanol–water partition coefficient (Wildman–Crippen LogP) is 1.42. The number of ether oxygens (including phenoxy) is 2. The van der Waals surface area contributed by atoms with Crippen molar-refractivity contribution in [1.29, 1.82) is 0 Å². The number of methoxy groups -OCH3 is 2. The van der Waals surface area contributed by atoms with Crippen LogP contribution in [0, 0.1) is 0 Å². The standard InChI is InChI=1S/C15H19N3O3S/c1-20-12-4-3-11-9-16-18(10-17-5-7-22-8-6-17)15(19)13(11)14(12)21-2/h3-4,9H,5-8,10H2,1-2H3. The van der Waals surface area contributed by atoms with Gasteiger partial charge < -0.3 is 9.47 Å². The molecule has 1 aliphatic rings. The highest BCUT2D eigenvalue weighted by Crippen LogP contribution is 2.32. The molecule has 0 bridgehead atoms. The SMILES string of the molecule is COc1ccc2cnn(CN3CCSCC3)c(=O)c2c1OC. The van der Waals surface area contributed by atoms with Gasteiger partial charge in [0, 0.05) is 30.0 Å². The molecule has 3 rings (SSSR count). The van der Waals surface area contributed by atoms with Crippen LogP contribution in [0.15, 0.2) is 23.1 Å². The molecule has 0 saturated carbocycles. The third-order valence-corrected chi connectivity index (χ3v) is 4.74. The lowest BCUT2D eigenvalue weighted by molar-refractivity contribution is 0.223. The van der Waals surface area contributed by atoms with Crippen molar-refractivity contribution in [2.24, 2.45) is 0 Å². The van der Waals surface area contributed by atoms with Gasteiger partial charge in [-0.25, -0.2) is 4.68 Å². The minimum absolute atomic E-state index is 0.147. The lowest BCUT2D eigenvalue weighted by Gasteiger charge is -2.26. The van der Waals surface area contributed by atoms with Crippen molar-refractivity contribution in [3.63, 3.8) is 0 Å². The molecule has 7 heteroatoms. The van der Waals surface area contributed by atoms with Crippen LogP contribution in [0.4, 0.5) is 0 Å². The first kappa shape index (κ1) is 15.2. The molecule has 1 saturated heterocycles. The van der Waals surface area contributed by atoms with Gasteiger partial charge in [-0.2, -0.15) is 16.9 Å². The van der Waals surface area contributed by atoms with E-state index >= 15 is 0 Å². The van der Waals surface area contributed by atoms with Crippen molar-refractivity contribution in [2.75, 3.05) is 38.8 Å². The highest BCUT2D eigenvalue weighted by Gasteiger charge is 2.17. The van der Waals surface area contributed by atoms with Gasteiger partial charge in [-0.1, -0.05) is 0 Å². The predicted molar refractivity (Wildman–Crippen MR) is 88.0 cm³/mol. The smallest absolute Gasteiger partial charge is 0.279 e. The molecule has 6 nitrogen and oxygen atoms in total. The molecule has 2 aromatic rings. The Morgan fingerprint density at radius 1 is 1.23 bits per heavy atom. The van der Waals surface area contributed by atoms with Crippen LogP contribution in [-0.4, -0.2) is 53.5 Å². The van der Waals surface area contributed by atoms with Crippen molar-refractivity contribution in [3.8, 4) is 11.5 Å². The lowest BCUT2D eigenvalue weighted by atomic mass is 10.1. The van der Waals surface area contributed by atoms with Gasteiger partial charge in [0.2, 0.25) is 0 Å². The number of fused-ring (bicyclic) bond motifs is 1. The quantitative estimate of drug-likeness (QED) is 0.849. The summed E-state index contributed by atoms with van der Waals surface area (Å²) >= 11 is 1.94. The molecule has 0 spiro atoms. The van der Waals surface area contributed by atoms with Gasteiger partial charge >= 0.3 is 0 Å². The minimum Gasteiger partial charge on any atom is -0.493 e. The monoisotopic (exact) mass is 321 g/mol. The van der Waals surface area contributed by atoms with Crippen molar-refractivity contribution in [2.45, 2.75) is 6.67 Å². The summed E-state index contributed by atoms with van der Waals surface area (Å²) in [6, 6.07) is 3.61. The molecule has 0 atom stereocenters. The largest absolute Gasteiger partial charge is 0.493 e. The molecular formula is C15H19N3O3S. The summed E-state index contributed by atoms with van der Waals surface area (Å²) in [7, 11) is 3.11. The van der Waals surface area contributed by atoms with Gasteiger partial charge in [0.1, 0.15) is 0 Å². The fourth-order valence-corrected chi connectivity index (χ4v) is 3.60. The van der Waals surface area contributed by atoms with Crippen LogP contribution in [-0.2, 0) is 6.67 Å². The summed E-state index contributed by atoms with van der Waals surface area (Å²) in [4.78, 5) is 15.0. The first-order valence-electron chi connectivity index (χ1n) is 7.15. The van der Waals surface area contributed by atoms with E-state index in [1.807, 2.05) is 17.8 Å². The summed E-state index contributed by atoms with van der Waals surface area (Å²) in [5.74, 6) is 3.22. The minimum atomic E-state index is -0.147. The van der Waals surface area contributed by atoms with Crippen molar-refractivity contribution >= 4 is 22.5 Å². The van der Waals surface area contributed by atoms with Crippen LogP contribution in [0.2, 0.25) is 0 Å². The second-order valence-electron chi connectivity index (χ2n) is 5.09. The molecule has 2 heterocycles. The number of rotatable bonds is 4. The second-order valence-corrected chi connectivity index (χ2v) is 6.31. The fourth-order valence-electron chi connectivity index (χ4n) is 2.62. The molecule has 0 radical (unpaired) electrons. The van der Waals surface area contributed by atoms with E-state index in [4.69, 9.17) is 9.47 Å². The van der Waals surface area contributed by atoms with Crippen LogP contribution in [0.1, 0.15) is 0 Å². The second kappa shape index (κ2) is 6.58. The molecule has 0 N–H and O–H groups in total. The van der Waals surface area contributed by atoms with E-state index in [0.717, 1.165) is 30.0 Å². The van der Waals surface area contributed by atoms with Gasteiger partial charge in [-0.15, -0.1) is 0 Å². The van der Waals surface area contributed by atoms with E-state index < -0.39 is 0 Å². The molecule has 1 aliphatic heterocycles. The molecule has 118 valence electrons. The van der Waals surface area contributed by atoms with E-state index in [-0.39, 0.29) is 5.56 Å². The Kier molecular flexibility index (Phi) is 4.54. The van der Waals surface area contributed by atoms with Crippen molar-refractivity contribution < 1.29 is 9.47 Å². The Hall–Kier alpha value is -1.73. The molecule has 0 aliphatic carbocycles. The average molecular weight is 321 g/mol. The molecule has 22 heavy (non-hydrogen) atoms. The number of hydrogen-bond donors (Lipinski definition) is 0. The summed E-state index contributed by atoms with van der Waals surface area (Å²) < 4.78 is 12.2. The van der Waals surface area contributed by atoms with E-state index in [1.165, 1.54) is 4.68 Å². The first-order chi connectivity index (χ1) is 10.7. The summed E-state index contributed by atoms with van der Waals surface area (Å²) in [5, 5.41) is 5.57. The van der Waals surface area contributed by atoms with Crippen molar-refractivity contribution in [1.82, 2.24) is 14.7 Å². The zero-order chi connectivity index (χ0) is 15.5. The molecule has 1 aromatic carbocycles. The summed E-state index contributed by atoms with van der Waals surface area (Å²) in [5.41, 5.74) is -0.147. The Morgan fingerprint density at radius 2 is 2.00 bits per heavy atom. The fraction of sp³-hybridized carbons (Fsp3) is 0.467. The van der Waals surface area contributed by atoms with Gasteiger partial charge in [0.25, 0.3) is 5.56 Å². The van der Waals surface area contributed by atoms with Crippen LogP contribution in [0.5, 0.6) is 11.5 Å². The number of nitrogens with zero attached hydrogens (tertiary/aromatic N) is 3. The maximum absolute atomic E-state index is 12.8. The number of hydrogen-bond acceptors (Lipinski definition) is 6. The molecule has 0 unspecified atom stereocenters. The third kappa shape index (κ3) is 2.78. The van der Waals surface area contributed by atoms with Gasteiger partial charge in [0.05, 0.1) is 32.5 Å².